The molecule has 25 heavy (non-hydrogen) atoms. The summed E-state index contributed by atoms with van der Waals surface area (Å²) in [6.07, 6.45) is 0.914. The highest BCUT2D eigenvalue weighted by Gasteiger charge is 2.14. The van der Waals surface area contributed by atoms with Crippen LogP contribution in [0.4, 0.5) is 0 Å². The molecule has 0 saturated heterocycles. The van der Waals surface area contributed by atoms with Crippen molar-refractivity contribution < 1.29 is 14.3 Å². The summed E-state index contributed by atoms with van der Waals surface area (Å²) >= 11 is 3.35. The summed E-state index contributed by atoms with van der Waals surface area (Å²) in [7, 11) is 0. The van der Waals surface area contributed by atoms with Gasteiger partial charge in [0.25, 0.3) is 5.91 Å². The van der Waals surface area contributed by atoms with Gasteiger partial charge in [0.2, 0.25) is 0 Å². The van der Waals surface area contributed by atoms with E-state index >= 15 is 0 Å². The predicted octanol–water partition coefficient (Wildman–Crippen LogP) is 4.11. The number of carbonyl (C=O) groups excluding carboxylic acids is 2. The summed E-state index contributed by atoms with van der Waals surface area (Å²) in [4.78, 5) is 23.9. The molecule has 1 atom stereocenters. The number of aryl methyl sites for hydroxylation is 1. The summed E-state index contributed by atoms with van der Waals surface area (Å²) in [6, 6.07) is 15.4. The van der Waals surface area contributed by atoms with Crippen LogP contribution in [-0.2, 0) is 20.7 Å². The quantitative estimate of drug-likeness (QED) is 0.707. The van der Waals surface area contributed by atoms with E-state index in [1.807, 2.05) is 62.4 Å². The lowest BCUT2D eigenvalue weighted by atomic mass is 10.0. The molecule has 0 fully saturated rings. The number of halogens is 1. The number of benzene rings is 2. The van der Waals surface area contributed by atoms with Crippen molar-refractivity contribution in [2.24, 2.45) is 0 Å². The van der Waals surface area contributed by atoms with Crippen LogP contribution in [0.5, 0.6) is 0 Å². The Bertz CT molecular complexity index is 711. The minimum atomic E-state index is -0.416. The van der Waals surface area contributed by atoms with E-state index in [-0.39, 0.29) is 25.0 Å². The number of hydrogen-bond donors (Lipinski definition) is 1. The molecule has 0 aliphatic rings. The lowest BCUT2D eigenvalue weighted by Crippen LogP contribution is -2.32. The fourth-order valence-corrected chi connectivity index (χ4v) is 2.69. The van der Waals surface area contributed by atoms with Crippen LogP contribution in [0.25, 0.3) is 0 Å². The van der Waals surface area contributed by atoms with Crippen LogP contribution in [-0.4, -0.2) is 18.5 Å². The van der Waals surface area contributed by atoms with E-state index in [1.54, 1.807) is 0 Å². The third kappa shape index (κ3) is 6.35. The van der Waals surface area contributed by atoms with E-state index in [2.05, 4.69) is 21.2 Å². The third-order valence-electron chi connectivity index (χ3n) is 3.85. The molecule has 0 aliphatic heterocycles. The molecular weight excluding hydrogens is 382 g/mol. The molecule has 5 heteroatoms. The average molecular weight is 404 g/mol. The molecule has 4 nitrogen and oxygen atoms in total. The van der Waals surface area contributed by atoms with Gasteiger partial charge >= 0.3 is 5.97 Å². The minimum Gasteiger partial charge on any atom is -0.455 e. The van der Waals surface area contributed by atoms with Crippen molar-refractivity contribution in [3.05, 3.63) is 69.7 Å². The highest BCUT2D eigenvalue weighted by Crippen LogP contribution is 2.17. The van der Waals surface area contributed by atoms with E-state index in [9.17, 15) is 9.59 Å². The van der Waals surface area contributed by atoms with Gasteiger partial charge in [0.1, 0.15) is 0 Å². The van der Waals surface area contributed by atoms with Crippen molar-refractivity contribution in [3.63, 3.8) is 0 Å². The van der Waals surface area contributed by atoms with Crippen molar-refractivity contribution in [2.75, 3.05) is 6.61 Å². The van der Waals surface area contributed by atoms with Crippen LogP contribution in [0.1, 0.15) is 36.1 Å². The van der Waals surface area contributed by atoms with Gasteiger partial charge in [0, 0.05) is 4.47 Å². The second-order valence-corrected chi connectivity index (χ2v) is 6.82. The van der Waals surface area contributed by atoms with Gasteiger partial charge in [-0.1, -0.05) is 64.8 Å². The lowest BCUT2D eigenvalue weighted by molar-refractivity contribution is -0.148. The Labute approximate surface area is 156 Å². The minimum absolute atomic E-state index is 0.0849. The van der Waals surface area contributed by atoms with Gasteiger partial charge in [-0.15, -0.1) is 0 Å². The Kier molecular flexibility index (Phi) is 7.19. The highest BCUT2D eigenvalue weighted by molar-refractivity contribution is 9.10. The molecule has 0 radical (unpaired) electrons. The summed E-state index contributed by atoms with van der Waals surface area (Å²) in [5, 5.41) is 2.91. The Morgan fingerprint density at radius 1 is 1.08 bits per heavy atom. The van der Waals surface area contributed by atoms with E-state index in [4.69, 9.17) is 4.74 Å². The van der Waals surface area contributed by atoms with Crippen LogP contribution in [0.2, 0.25) is 0 Å². The first-order chi connectivity index (χ1) is 12.0. The van der Waals surface area contributed by atoms with Crippen LogP contribution in [0.15, 0.2) is 53.0 Å². The number of carbonyl (C=O) groups is 2. The van der Waals surface area contributed by atoms with E-state index in [0.29, 0.717) is 0 Å². The van der Waals surface area contributed by atoms with Crippen LogP contribution in [0, 0.1) is 6.92 Å². The SMILES string of the molecule is CC[C@H](NC(=O)COC(=O)Cc1ccc(Br)cc1)c1ccc(C)cc1. The number of ether oxygens (including phenoxy) is 1. The molecule has 2 aromatic carbocycles. The largest absolute Gasteiger partial charge is 0.455 e. The van der Waals surface area contributed by atoms with Crippen LogP contribution in [0.3, 0.4) is 0 Å². The second-order valence-electron chi connectivity index (χ2n) is 5.90. The maximum atomic E-state index is 12.1. The van der Waals surface area contributed by atoms with Gasteiger partial charge in [0.05, 0.1) is 12.5 Å². The summed E-state index contributed by atoms with van der Waals surface area (Å²) < 4.78 is 6.03. The number of hydrogen-bond acceptors (Lipinski definition) is 3. The van der Waals surface area contributed by atoms with Gasteiger partial charge in [-0.05, 0) is 36.6 Å². The predicted molar refractivity (Wildman–Crippen MR) is 101 cm³/mol. The molecule has 0 saturated carbocycles. The maximum Gasteiger partial charge on any atom is 0.310 e. The topological polar surface area (TPSA) is 55.4 Å². The summed E-state index contributed by atoms with van der Waals surface area (Å²) in [5.74, 6) is -0.711. The van der Waals surface area contributed by atoms with Gasteiger partial charge in [-0.3, -0.25) is 9.59 Å². The first-order valence-electron chi connectivity index (χ1n) is 8.24. The number of nitrogens with one attached hydrogen (secondary N) is 1. The number of amides is 1. The summed E-state index contributed by atoms with van der Waals surface area (Å²) in [5.41, 5.74) is 3.06. The Morgan fingerprint density at radius 3 is 2.32 bits per heavy atom. The standard InChI is InChI=1S/C20H22BrNO3/c1-3-18(16-8-4-14(2)5-9-16)22-19(23)13-25-20(24)12-15-6-10-17(21)11-7-15/h4-11,18H,3,12-13H2,1-2H3,(H,22,23)/t18-/m0/s1. The van der Waals surface area contributed by atoms with Gasteiger partial charge in [-0.2, -0.15) is 0 Å². The first kappa shape index (κ1) is 19.2. The molecule has 0 bridgehead atoms. The van der Waals surface area contributed by atoms with Crippen LogP contribution < -0.4 is 5.32 Å². The zero-order chi connectivity index (χ0) is 18.2. The maximum absolute atomic E-state index is 12.1. The smallest absolute Gasteiger partial charge is 0.310 e. The summed E-state index contributed by atoms with van der Waals surface area (Å²) in [6.45, 7) is 3.76. The van der Waals surface area contributed by atoms with E-state index in [0.717, 1.165) is 22.0 Å². The van der Waals surface area contributed by atoms with E-state index in [1.165, 1.54) is 5.56 Å². The molecule has 0 unspecified atom stereocenters. The van der Waals surface area contributed by atoms with Crippen molar-refractivity contribution in [2.45, 2.75) is 32.7 Å². The van der Waals surface area contributed by atoms with Crippen LogP contribution >= 0.6 is 15.9 Å². The average Bonchev–Trinajstić information content (AvgIpc) is 2.61. The third-order valence-corrected chi connectivity index (χ3v) is 4.38. The van der Waals surface area contributed by atoms with Gasteiger partial charge < -0.3 is 10.1 Å². The van der Waals surface area contributed by atoms with Crippen molar-refractivity contribution in [3.8, 4) is 0 Å². The molecule has 2 rings (SSSR count). The van der Waals surface area contributed by atoms with E-state index < -0.39 is 5.97 Å². The lowest BCUT2D eigenvalue weighted by Gasteiger charge is -2.17. The zero-order valence-corrected chi connectivity index (χ0v) is 16.0. The van der Waals surface area contributed by atoms with Gasteiger partial charge in [-0.25, -0.2) is 0 Å². The normalized spacial score (nSPS) is 11.6. The fourth-order valence-electron chi connectivity index (χ4n) is 2.42. The number of rotatable bonds is 7. The molecule has 0 heterocycles. The molecule has 1 N–H and O–H groups in total. The Hall–Kier alpha value is -2.14. The molecule has 0 aliphatic carbocycles. The fraction of sp³-hybridized carbons (Fsp3) is 0.300. The highest BCUT2D eigenvalue weighted by atomic mass is 79.9. The Morgan fingerprint density at radius 2 is 1.72 bits per heavy atom. The zero-order valence-electron chi connectivity index (χ0n) is 14.4. The van der Waals surface area contributed by atoms with Crippen molar-refractivity contribution >= 4 is 27.8 Å². The first-order valence-corrected chi connectivity index (χ1v) is 9.03. The molecule has 1 amide bonds. The second kappa shape index (κ2) is 9.37. The Balaban J connectivity index is 1.81. The monoisotopic (exact) mass is 403 g/mol. The van der Waals surface area contributed by atoms with Crippen molar-refractivity contribution in [1.82, 2.24) is 5.32 Å². The number of esters is 1. The molecular formula is C20H22BrNO3. The van der Waals surface area contributed by atoms with Gasteiger partial charge in [0.15, 0.2) is 6.61 Å². The molecule has 0 aromatic heterocycles. The molecule has 132 valence electrons. The van der Waals surface area contributed by atoms with Crippen molar-refractivity contribution in [1.29, 1.82) is 0 Å². The molecule has 2 aromatic rings. The molecule has 0 spiro atoms.